The van der Waals surface area contributed by atoms with Crippen molar-refractivity contribution in [2.45, 2.75) is 9.79 Å². The molecule has 0 bridgehead atoms. The lowest BCUT2D eigenvalue weighted by molar-refractivity contribution is 0.550. The van der Waals surface area contributed by atoms with Gasteiger partial charge in [0.15, 0.2) is 0 Å². The SMILES string of the molecule is O=S(c1ccccc1)c1ccccc1-c1n[nH]c(=S)o1. The molecule has 2 aromatic carbocycles. The molecule has 1 N–H and O–H groups in total. The maximum Gasteiger partial charge on any atom is 0.284 e. The van der Waals surface area contributed by atoms with E-state index in [-0.39, 0.29) is 4.84 Å². The summed E-state index contributed by atoms with van der Waals surface area (Å²) in [6.45, 7) is 0. The van der Waals surface area contributed by atoms with Gasteiger partial charge < -0.3 is 4.42 Å². The van der Waals surface area contributed by atoms with E-state index in [0.717, 1.165) is 4.90 Å². The molecule has 0 saturated heterocycles. The van der Waals surface area contributed by atoms with Crippen molar-refractivity contribution in [3.05, 3.63) is 59.4 Å². The number of benzene rings is 2. The molecule has 0 aliphatic rings. The van der Waals surface area contributed by atoms with Gasteiger partial charge in [-0.05, 0) is 36.5 Å². The first-order chi connectivity index (χ1) is 9.75. The standard InChI is InChI=1S/C14H10N2O2S2/c17-20(10-6-2-1-3-7-10)12-9-5-4-8-11(12)13-15-16-14(19)18-13/h1-9H,(H,16,19). The smallest absolute Gasteiger partial charge is 0.284 e. The third-order valence-electron chi connectivity index (χ3n) is 2.71. The predicted octanol–water partition coefficient (Wildman–Crippen LogP) is 3.57. The second-order valence-electron chi connectivity index (χ2n) is 4.00. The number of nitrogens with one attached hydrogen (secondary N) is 1. The Morgan fingerprint density at radius 2 is 1.75 bits per heavy atom. The van der Waals surface area contributed by atoms with Crippen molar-refractivity contribution < 1.29 is 8.63 Å². The van der Waals surface area contributed by atoms with Gasteiger partial charge in [-0.25, -0.2) is 9.31 Å². The van der Waals surface area contributed by atoms with Crippen LogP contribution in [0.15, 0.2) is 68.8 Å². The summed E-state index contributed by atoms with van der Waals surface area (Å²) in [5.74, 6) is 0.342. The molecule has 0 aliphatic heterocycles. The topological polar surface area (TPSA) is 58.9 Å². The molecule has 6 heteroatoms. The first-order valence-electron chi connectivity index (χ1n) is 5.87. The van der Waals surface area contributed by atoms with E-state index in [1.54, 1.807) is 6.07 Å². The van der Waals surface area contributed by atoms with E-state index in [1.165, 1.54) is 0 Å². The van der Waals surface area contributed by atoms with Crippen molar-refractivity contribution in [1.82, 2.24) is 10.2 Å². The van der Waals surface area contributed by atoms with Gasteiger partial charge >= 0.3 is 0 Å². The Kier molecular flexibility index (Phi) is 3.58. The van der Waals surface area contributed by atoms with Crippen LogP contribution in [0.5, 0.6) is 0 Å². The van der Waals surface area contributed by atoms with Crippen molar-refractivity contribution in [1.29, 1.82) is 0 Å². The third kappa shape index (κ3) is 2.48. The summed E-state index contributed by atoms with van der Waals surface area (Å²) in [7, 11) is -1.30. The van der Waals surface area contributed by atoms with E-state index in [0.29, 0.717) is 16.3 Å². The Morgan fingerprint density at radius 3 is 2.45 bits per heavy atom. The van der Waals surface area contributed by atoms with Crippen LogP contribution < -0.4 is 0 Å². The van der Waals surface area contributed by atoms with Gasteiger partial charge in [-0.2, -0.15) is 0 Å². The number of aromatic nitrogens is 2. The van der Waals surface area contributed by atoms with Crippen molar-refractivity contribution in [2.24, 2.45) is 0 Å². The molecule has 3 rings (SSSR count). The Balaban J connectivity index is 2.11. The van der Waals surface area contributed by atoms with Gasteiger partial charge in [-0.15, -0.1) is 5.10 Å². The second kappa shape index (κ2) is 5.52. The highest BCUT2D eigenvalue weighted by Gasteiger charge is 2.15. The zero-order valence-corrected chi connectivity index (χ0v) is 11.9. The molecule has 0 saturated carbocycles. The molecule has 20 heavy (non-hydrogen) atoms. The fraction of sp³-hybridized carbons (Fsp3) is 0. The largest absolute Gasteiger partial charge is 0.409 e. The monoisotopic (exact) mass is 302 g/mol. The number of hydrogen-bond acceptors (Lipinski definition) is 4. The second-order valence-corrected chi connectivity index (χ2v) is 5.82. The van der Waals surface area contributed by atoms with E-state index in [4.69, 9.17) is 16.6 Å². The van der Waals surface area contributed by atoms with Crippen molar-refractivity contribution in [2.75, 3.05) is 0 Å². The summed E-state index contributed by atoms with van der Waals surface area (Å²) in [5, 5.41) is 6.56. The van der Waals surface area contributed by atoms with Gasteiger partial charge in [0.2, 0.25) is 5.89 Å². The molecule has 3 aromatic rings. The van der Waals surface area contributed by atoms with Gasteiger partial charge in [-0.1, -0.05) is 30.3 Å². The summed E-state index contributed by atoms with van der Waals surface area (Å²) in [6.07, 6.45) is 0. The van der Waals surface area contributed by atoms with Crippen LogP contribution in [0.3, 0.4) is 0 Å². The van der Waals surface area contributed by atoms with E-state index < -0.39 is 10.8 Å². The molecule has 1 heterocycles. The predicted molar refractivity (Wildman–Crippen MR) is 78.2 cm³/mol. The summed E-state index contributed by atoms with van der Waals surface area (Å²) in [4.78, 5) is 1.57. The summed E-state index contributed by atoms with van der Waals surface area (Å²) < 4.78 is 18.0. The quantitative estimate of drug-likeness (QED) is 0.751. The molecule has 1 atom stereocenters. The highest BCUT2D eigenvalue weighted by Crippen LogP contribution is 2.27. The molecule has 100 valence electrons. The maximum atomic E-state index is 12.7. The number of H-pyrrole nitrogens is 1. The van der Waals surface area contributed by atoms with Crippen LogP contribution in [-0.4, -0.2) is 14.4 Å². The highest BCUT2D eigenvalue weighted by molar-refractivity contribution is 7.85. The van der Waals surface area contributed by atoms with Gasteiger partial charge in [0.1, 0.15) is 0 Å². The van der Waals surface area contributed by atoms with E-state index in [9.17, 15) is 4.21 Å². The average Bonchev–Trinajstić information content (AvgIpc) is 2.94. The summed E-state index contributed by atoms with van der Waals surface area (Å²) in [6, 6.07) is 16.5. The molecule has 1 unspecified atom stereocenters. The van der Waals surface area contributed by atoms with Crippen LogP contribution in [0.25, 0.3) is 11.5 Å². The minimum atomic E-state index is -1.30. The lowest BCUT2D eigenvalue weighted by Gasteiger charge is -2.06. The Morgan fingerprint density at radius 1 is 1.05 bits per heavy atom. The van der Waals surface area contributed by atoms with Crippen LogP contribution in [0.1, 0.15) is 0 Å². The highest BCUT2D eigenvalue weighted by atomic mass is 32.2. The molecule has 0 amide bonds. The van der Waals surface area contributed by atoms with E-state index >= 15 is 0 Å². The first-order valence-corrected chi connectivity index (χ1v) is 7.43. The average molecular weight is 302 g/mol. The normalized spacial score (nSPS) is 12.2. The molecule has 0 fully saturated rings. The van der Waals surface area contributed by atoms with Gasteiger partial charge in [0, 0.05) is 4.90 Å². The van der Waals surface area contributed by atoms with Crippen LogP contribution in [0, 0.1) is 4.84 Å². The third-order valence-corrected chi connectivity index (χ3v) is 4.34. The fourth-order valence-corrected chi connectivity index (χ4v) is 3.16. The van der Waals surface area contributed by atoms with Crippen molar-refractivity contribution in [3.63, 3.8) is 0 Å². The molecule has 0 radical (unpaired) electrons. The lowest BCUT2D eigenvalue weighted by atomic mass is 10.2. The zero-order chi connectivity index (χ0) is 13.9. The van der Waals surface area contributed by atoms with Crippen molar-refractivity contribution >= 4 is 23.0 Å². The number of rotatable bonds is 3. The minimum Gasteiger partial charge on any atom is -0.409 e. The Labute approximate surface area is 122 Å². The summed E-state index contributed by atoms with van der Waals surface area (Å²) >= 11 is 4.87. The van der Waals surface area contributed by atoms with Crippen LogP contribution in [0.2, 0.25) is 0 Å². The van der Waals surface area contributed by atoms with Crippen LogP contribution >= 0.6 is 12.2 Å². The van der Waals surface area contributed by atoms with Crippen LogP contribution in [-0.2, 0) is 10.8 Å². The number of hydrogen-bond donors (Lipinski definition) is 1. The summed E-state index contributed by atoms with van der Waals surface area (Å²) in [5.41, 5.74) is 0.669. The molecule has 0 spiro atoms. The molecule has 4 nitrogen and oxygen atoms in total. The number of aromatic amines is 1. The van der Waals surface area contributed by atoms with E-state index in [2.05, 4.69) is 10.2 Å². The fourth-order valence-electron chi connectivity index (χ4n) is 1.82. The van der Waals surface area contributed by atoms with Gasteiger partial charge in [0.05, 0.1) is 21.3 Å². The Hall–Kier alpha value is -2.05. The van der Waals surface area contributed by atoms with E-state index in [1.807, 2.05) is 48.5 Å². The minimum absolute atomic E-state index is 0.195. The van der Waals surface area contributed by atoms with Crippen molar-refractivity contribution in [3.8, 4) is 11.5 Å². The Bertz CT molecular complexity index is 809. The first kappa shape index (κ1) is 13.0. The number of nitrogens with zero attached hydrogens (tertiary/aromatic N) is 1. The van der Waals surface area contributed by atoms with Gasteiger partial charge in [0.25, 0.3) is 4.84 Å². The molecule has 0 aliphatic carbocycles. The maximum absolute atomic E-state index is 12.7. The molecular formula is C14H10N2O2S2. The van der Waals surface area contributed by atoms with Crippen LogP contribution in [0.4, 0.5) is 0 Å². The zero-order valence-electron chi connectivity index (χ0n) is 10.3. The lowest BCUT2D eigenvalue weighted by Crippen LogP contribution is -1.95. The van der Waals surface area contributed by atoms with Gasteiger partial charge in [-0.3, -0.25) is 0 Å². The molecule has 1 aromatic heterocycles. The molecular weight excluding hydrogens is 292 g/mol.